The Bertz CT molecular complexity index is 132. The summed E-state index contributed by atoms with van der Waals surface area (Å²) in [5.74, 6) is 1.35. The third-order valence-corrected chi connectivity index (χ3v) is 3.20. The van der Waals surface area contributed by atoms with E-state index in [1.165, 1.54) is 19.3 Å². The molecule has 1 aliphatic rings. The van der Waals surface area contributed by atoms with Crippen molar-refractivity contribution in [2.45, 2.75) is 39.2 Å². The number of hydrogen-bond donors (Lipinski definition) is 2. The second-order valence-corrected chi connectivity index (χ2v) is 4.33. The van der Waals surface area contributed by atoms with Crippen molar-refractivity contribution in [2.24, 2.45) is 23.5 Å². The third kappa shape index (κ3) is 1.99. The van der Waals surface area contributed by atoms with Gasteiger partial charge in [-0.15, -0.1) is 0 Å². The summed E-state index contributed by atoms with van der Waals surface area (Å²) >= 11 is 0. The van der Waals surface area contributed by atoms with E-state index in [1.807, 2.05) is 0 Å². The minimum atomic E-state index is -0.149. The van der Waals surface area contributed by atoms with Crippen molar-refractivity contribution in [2.75, 3.05) is 6.54 Å². The van der Waals surface area contributed by atoms with Crippen molar-refractivity contribution >= 4 is 0 Å². The summed E-state index contributed by atoms with van der Waals surface area (Å²) in [6, 6.07) is 0. The molecule has 0 aromatic carbocycles. The lowest BCUT2D eigenvalue weighted by molar-refractivity contribution is 0.00176. The maximum atomic E-state index is 9.92. The maximum Gasteiger partial charge on any atom is 0.0611 e. The van der Waals surface area contributed by atoms with Gasteiger partial charge in [-0.2, -0.15) is 0 Å². The van der Waals surface area contributed by atoms with Crippen LogP contribution in [0.1, 0.15) is 33.1 Å². The van der Waals surface area contributed by atoms with E-state index >= 15 is 0 Å². The van der Waals surface area contributed by atoms with Gasteiger partial charge in [0.05, 0.1) is 6.10 Å². The molecule has 0 amide bonds. The summed E-state index contributed by atoms with van der Waals surface area (Å²) in [6.07, 6.45) is 3.54. The predicted octanol–water partition coefficient (Wildman–Crippen LogP) is 1.38. The summed E-state index contributed by atoms with van der Waals surface area (Å²) in [6.45, 7) is 4.90. The molecule has 1 saturated carbocycles. The van der Waals surface area contributed by atoms with Crippen molar-refractivity contribution < 1.29 is 5.11 Å². The molecule has 2 unspecified atom stereocenters. The molecule has 0 heterocycles. The monoisotopic (exact) mass is 171 g/mol. The van der Waals surface area contributed by atoms with Gasteiger partial charge in [0.25, 0.3) is 0 Å². The van der Waals surface area contributed by atoms with Gasteiger partial charge in [-0.1, -0.05) is 20.3 Å². The van der Waals surface area contributed by atoms with E-state index in [2.05, 4.69) is 13.8 Å². The second-order valence-electron chi connectivity index (χ2n) is 4.33. The van der Waals surface area contributed by atoms with E-state index in [4.69, 9.17) is 5.73 Å². The smallest absolute Gasteiger partial charge is 0.0611 e. The summed E-state index contributed by atoms with van der Waals surface area (Å²) < 4.78 is 0. The lowest BCUT2D eigenvalue weighted by Gasteiger charge is -2.36. The van der Waals surface area contributed by atoms with Crippen LogP contribution < -0.4 is 5.73 Å². The minimum Gasteiger partial charge on any atom is -0.392 e. The van der Waals surface area contributed by atoms with Crippen LogP contribution in [0.2, 0.25) is 0 Å². The van der Waals surface area contributed by atoms with Crippen LogP contribution in [0.15, 0.2) is 0 Å². The van der Waals surface area contributed by atoms with Gasteiger partial charge in [0.15, 0.2) is 0 Å². The fraction of sp³-hybridized carbons (Fsp3) is 1.00. The van der Waals surface area contributed by atoms with E-state index in [0.29, 0.717) is 24.3 Å². The SMILES string of the molecule is CC(C)C(CN)C(O)C1CCC1. The van der Waals surface area contributed by atoms with E-state index < -0.39 is 0 Å². The quantitative estimate of drug-likeness (QED) is 0.671. The lowest BCUT2D eigenvalue weighted by atomic mass is 9.74. The molecule has 2 atom stereocenters. The Hall–Kier alpha value is -0.0800. The first-order chi connectivity index (χ1) is 5.66. The Kier molecular flexibility index (Phi) is 3.53. The zero-order valence-electron chi connectivity index (χ0n) is 8.16. The normalized spacial score (nSPS) is 23.8. The van der Waals surface area contributed by atoms with Crippen LogP contribution >= 0.6 is 0 Å². The predicted molar refractivity (Wildman–Crippen MR) is 50.7 cm³/mol. The van der Waals surface area contributed by atoms with Gasteiger partial charge >= 0.3 is 0 Å². The van der Waals surface area contributed by atoms with Gasteiger partial charge in [0.2, 0.25) is 0 Å². The molecular weight excluding hydrogens is 150 g/mol. The molecule has 1 aliphatic carbocycles. The van der Waals surface area contributed by atoms with Crippen LogP contribution in [-0.4, -0.2) is 17.8 Å². The fourth-order valence-corrected chi connectivity index (χ4v) is 1.94. The van der Waals surface area contributed by atoms with Gasteiger partial charge < -0.3 is 10.8 Å². The topological polar surface area (TPSA) is 46.2 Å². The molecule has 2 heteroatoms. The summed E-state index contributed by atoms with van der Waals surface area (Å²) in [7, 11) is 0. The van der Waals surface area contributed by atoms with Gasteiger partial charge in [-0.3, -0.25) is 0 Å². The lowest BCUT2D eigenvalue weighted by Crippen LogP contribution is -2.39. The molecule has 3 N–H and O–H groups in total. The van der Waals surface area contributed by atoms with Crippen molar-refractivity contribution in [1.29, 1.82) is 0 Å². The van der Waals surface area contributed by atoms with Gasteiger partial charge in [0.1, 0.15) is 0 Å². The highest BCUT2D eigenvalue weighted by Crippen LogP contribution is 2.34. The van der Waals surface area contributed by atoms with E-state index in [9.17, 15) is 5.11 Å². The molecule has 1 rings (SSSR count). The summed E-state index contributed by atoms with van der Waals surface area (Å²) in [5, 5.41) is 9.92. The Morgan fingerprint density at radius 3 is 2.25 bits per heavy atom. The van der Waals surface area contributed by atoms with Crippen LogP contribution in [0.3, 0.4) is 0 Å². The molecule has 2 nitrogen and oxygen atoms in total. The van der Waals surface area contributed by atoms with Crippen molar-refractivity contribution in [3.8, 4) is 0 Å². The average Bonchev–Trinajstić information content (AvgIpc) is 1.83. The van der Waals surface area contributed by atoms with Crippen molar-refractivity contribution in [3.63, 3.8) is 0 Å². The molecule has 12 heavy (non-hydrogen) atoms. The summed E-state index contributed by atoms with van der Waals surface area (Å²) in [5.41, 5.74) is 5.63. The number of aliphatic hydroxyl groups excluding tert-OH is 1. The highest BCUT2D eigenvalue weighted by Gasteiger charge is 2.32. The van der Waals surface area contributed by atoms with Crippen LogP contribution in [0.4, 0.5) is 0 Å². The average molecular weight is 171 g/mol. The van der Waals surface area contributed by atoms with Gasteiger partial charge in [-0.25, -0.2) is 0 Å². The van der Waals surface area contributed by atoms with E-state index in [0.717, 1.165) is 0 Å². The van der Waals surface area contributed by atoms with Crippen LogP contribution in [0.25, 0.3) is 0 Å². The first-order valence-corrected chi connectivity index (χ1v) is 5.05. The standard InChI is InChI=1S/C10H21NO/c1-7(2)9(6-11)10(12)8-4-3-5-8/h7-10,12H,3-6,11H2,1-2H3. The Morgan fingerprint density at radius 2 is 2.00 bits per heavy atom. The molecule has 0 saturated heterocycles. The number of aliphatic hydroxyl groups is 1. The first-order valence-electron chi connectivity index (χ1n) is 5.05. The highest BCUT2D eigenvalue weighted by molar-refractivity contribution is 4.83. The molecule has 0 radical (unpaired) electrons. The molecule has 1 fully saturated rings. The van der Waals surface area contributed by atoms with Crippen molar-refractivity contribution in [1.82, 2.24) is 0 Å². The molecule has 72 valence electrons. The Morgan fingerprint density at radius 1 is 1.42 bits per heavy atom. The molecular formula is C10H21NO. The molecule has 0 spiro atoms. The third-order valence-electron chi connectivity index (χ3n) is 3.20. The Labute approximate surface area is 75.2 Å². The molecule has 0 aromatic rings. The zero-order valence-corrected chi connectivity index (χ0v) is 8.16. The number of rotatable bonds is 4. The van der Waals surface area contributed by atoms with Gasteiger partial charge in [0, 0.05) is 0 Å². The number of nitrogens with two attached hydrogens (primary N) is 1. The van der Waals surface area contributed by atoms with Crippen LogP contribution in [-0.2, 0) is 0 Å². The molecule has 0 aromatic heterocycles. The van der Waals surface area contributed by atoms with Crippen LogP contribution in [0, 0.1) is 17.8 Å². The zero-order chi connectivity index (χ0) is 9.14. The minimum absolute atomic E-state index is 0.149. The largest absolute Gasteiger partial charge is 0.392 e. The number of hydrogen-bond acceptors (Lipinski definition) is 2. The molecule has 0 bridgehead atoms. The first kappa shape index (κ1) is 10.0. The maximum absolute atomic E-state index is 9.92. The fourth-order valence-electron chi connectivity index (χ4n) is 1.94. The van der Waals surface area contributed by atoms with E-state index in [-0.39, 0.29) is 6.10 Å². The van der Waals surface area contributed by atoms with Crippen LogP contribution in [0.5, 0.6) is 0 Å². The highest BCUT2D eigenvalue weighted by atomic mass is 16.3. The van der Waals surface area contributed by atoms with Gasteiger partial charge in [-0.05, 0) is 37.1 Å². The summed E-state index contributed by atoms with van der Waals surface area (Å²) in [4.78, 5) is 0. The van der Waals surface area contributed by atoms with Crippen molar-refractivity contribution in [3.05, 3.63) is 0 Å². The Balaban J connectivity index is 2.40. The van der Waals surface area contributed by atoms with E-state index in [1.54, 1.807) is 0 Å². The molecule has 0 aliphatic heterocycles. The second kappa shape index (κ2) is 4.24.